The molecule has 0 aliphatic heterocycles. The third-order valence-electron chi connectivity index (χ3n) is 6.18. The Bertz CT molecular complexity index is 601. The van der Waals surface area contributed by atoms with Crippen LogP contribution >= 0.6 is 0 Å². The maximum absolute atomic E-state index is 13.3. The van der Waals surface area contributed by atoms with E-state index in [4.69, 9.17) is 23.7 Å². The molecular formula is C21H31FO5. The van der Waals surface area contributed by atoms with Gasteiger partial charge < -0.3 is 23.7 Å². The number of methoxy groups -OCH3 is 3. The normalized spacial score (nSPS) is 21.9. The molecule has 0 radical (unpaired) electrons. The Kier molecular flexibility index (Phi) is 6.61. The van der Waals surface area contributed by atoms with Gasteiger partial charge in [-0.15, -0.1) is 0 Å². The Labute approximate surface area is 161 Å². The van der Waals surface area contributed by atoms with Gasteiger partial charge in [0.2, 0.25) is 0 Å². The van der Waals surface area contributed by atoms with Crippen LogP contribution < -0.4 is 9.47 Å². The van der Waals surface area contributed by atoms with E-state index in [2.05, 4.69) is 0 Å². The highest BCUT2D eigenvalue weighted by molar-refractivity contribution is 5.45. The largest absolute Gasteiger partial charge is 0.493 e. The topological polar surface area (TPSA) is 46.2 Å². The summed E-state index contributed by atoms with van der Waals surface area (Å²) in [5.74, 6) is 0.776. The van der Waals surface area contributed by atoms with Crippen LogP contribution in [0, 0.1) is 0 Å². The average Bonchev–Trinajstić information content (AvgIpc) is 3.22. The number of hydrogen-bond acceptors (Lipinski definition) is 5. The van der Waals surface area contributed by atoms with Gasteiger partial charge in [-0.2, -0.15) is 0 Å². The quantitative estimate of drug-likeness (QED) is 0.609. The number of ether oxygens (including phenoxy) is 5. The fraction of sp³-hybridized carbons (Fsp3) is 0.714. The minimum absolute atomic E-state index is 0.216. The summed E-state index contributed by atoms with van der Waals surface area (Å²) in [6.45, 7) is -0.836. The molecule has 0 saturated heterocycles. The third-order valence-corrected chi connectivity index (χ3v) is 6.18. The summed E-state index contributed by atoms with van der Waals surface area (Å²) in [5.41, 5.74) is 0.199. The molecule has 1 aromatic rings. The van der Waals surface area contributed by atoms with Crippen molar-refractivity contribution in [3.63, 3.8) is 0 Å². The predicted molar refractivity (Wildman–Crippen MR) is 99.8 cm³/mol. The van der Waals surface area contributed by atoms with Crippen LogP contribution in [0.4, 0.5) is 4.39 Å². The van der Waals surface area contributed by atoms with E-state index in [0.29, 0.717) is 37.2 Å². The van der Waals surface area contributed by atoms with E-state index in [1.165, 1.54) is 12.8 Å². The number of halogens is 1. The summed E-state index contributed by atoms with van der Waals surface area (Å²) in [7, 11) is 4.93. The molecule has 0 amide bonds. The molecular weight excluding hydrogens is 351 g/mol. The van der Waals surface area contributed by atoms with Crippen LogP contribution in [0.1, 0.15) is 56.9 Å². The highest BCUT2D eigenvalue weighted by Crippen LogP contribution is 2.47. The lowest BCUT2D eigenvalue weighted by Gasteiger charge is -2.44. The summed E-state index contributed by atoms with van der Waals surface area (Å²) < 4.78 is 41.8. The van der Waals surface area contributed by atoms with E-state index < -0.39 is 18.2 Å². The molecule has 0 aromatic heterocycles. The molecule has 1 aromatic carbocycles. The molecule has 6 heteroatoms. The lowest BCUT2D eigenvalue weighted by molar-refractivity contribution is -0.252. The average molecular weight is 382 g/mol. The Morgan fingerprint density at radius 1 is 0.963 bits per heavy atom. The first-order valence-corrected chi connectivity index (χ1v) is 9.76. The van der Waals surface area contributed by atoms with Gasteiger partial charge >= 0.3 is 0 Å². The number of rotatable bonds is 8. The van der Waals surface area contributed by atoms with Crippen molar-refractivity contribution < 1.29 is 28.1 Å². The fourth-order valence-electron chi connectivity index (χ4n) is 4.39. The van der Waals surface area contributed by atoms with Crippen molar-refractivity contribution in [1.82, 2.24) is 0 Å². The van der Waals surface area contributed by atoms with Crippen LogP contribution in [-0.4, -0.2) is 40.1 Å². The molecule has 0 unspecified atom stereocenters. The Hall–Kier alpha value is -1.37. The van der Waals surface area contributed by atoms with Gasteiger partial charge in [0.1, 0.15) is 0 Å². The van der Waals surface area contributed by atoms with Gasteiger partial charge in [0.05, 0.1) is 18.8 Å². The summed E-state index contributed by atoms with van der Waals surface area (Å²) in [4.78, 5) is 0. The second-order valence-corrected chi connectivity index (χ2v) is 7.46. The molecule has 3 rings (SSSR count). The van der Waals surface area contributed by atoms with Crippen LogP contribution in [0.25, 0.3) is 0 Å². The van der Waals surface area contributed by atoms with Gasteiger partial charge in [0.25, 0.3) is 0 Å². The van der Waals surface area contributed by atoms with Crippen LogP contribution in [-0.2, 0) is 19.8 Å². The van der Waals surface area contributed by atoms with E-state index in [9.17, 15) is 4.39 Å². The Morgan fingerprint density at radius 3 is 2.19 bits per heavy atom. The molecule has 2 aliphatic carbocycles. The Balaban J connectivity index is 1.87. The second-order valence-electron chi connectivity index (χ2n) is 7.46. The maximum Gasteiger partial charge on any atom is 0.189 e. The predicted octanol–water partition coefficient (Wildman–Crippen LogP) is 4.72. The number of hydrogen-bond donors (Lipinski definition) is 0. The van der Waals surface area contributed by atoms with E-state index >= 15 is 0 Å². The van der Waals surface area contributed by atoms with Gasteiger partial charge in [-0.05, 0) is 56.2 Å². The minimum atomic E-state index is -0.836. The molecule has 27 heavy (non-hydrogen) atoms. The van der Waals surface area contributed by atoms with E-state index in [0.717, 1.165) is 18.4 Å². The van der Waals surface area contributed by atoms with Gasteiger partial charge in [-0.3, -0.25) is 0 Å². The molecule has 0 heterocycles. The summed E-state index contributed by atoms with van der Waals surface area (Å²) in [6.07, 6.45) is 7.19. The number of alkyl halides is 1. The lowest BCUT2D eigenvalue weighted by atomic mass is 9.76. The Morgan fingerprint density at radius 2 is 1.63 bits per heavy atom. The van der Waals surface area contributed by atoms with Crippen molar-refractivity contribution >= 4 is 0 Å². The molecule has 5 nitrogen and oxygen atoms in total. The SMILES string of the molecule is COc1ccc(C2(OCF)CCC(OC)(OC)CC2)cc1OC1CCCC1. The van der Waals surface area contributed by atoms with Crippen molar-refractivity contribution in [3.8, 4) is 11.5 Å². The van der Waals surface area contributed by atoms with Gasteiger partial charge in [0, 0.05) is 27.1 Å². The first-order valence-electron chi connectivity index (χ1n) is 9.76. The molecule has 0 atom stereocenters. The highest BCUT2D eigenvalue weighted by Gasteiger charge is 2.45. The molecule has 0 N–H and O–H groups in total. The van der Waals surface area contributed by atoms with Gasteiger partial charge in [-0.1, -0.05) is 6.07 Å². The van der Waals surface area contributed by atoms with Crippen LogP contribution in [0.5, 0.6) is 11.5 Å². The number of benzene rings is 1. The fourth-order valence-corrected chi connectivity index (χ4v) is 4.39. The molecule has 0 spiro atoms. The lowest BCUT2D eigenvalue weighted by Crippen LogP contribution is -2.45. The molecule has 152 valence electrons. The zero-order valence-corrected chi connectivity index (χ0v) is 16.6. The van der Waals surface area contributed by atoms with Crippen molar-refractivity contribution in [2.75, 3.05) is 28.2 Å². The zero-order chi connectivity index (χ0) is 19.3. The summed E-state index contributed by atoms with van der Waals surface area (Å²) >= 11 is 0. The minimum Gasteiger partial charge on any atom is -0.493 e. The monoisotopic (exact) mass is 382 g/mol. The van der Waals surface area contributed by atoms with Crippen LogP contribution in [0.15, 0.2) is 18.2 Å². The van der Waals surface area contributed by atoms with Crippen molar-refractivity contribution in [1.29, 1.82) is 0 Å². The maximum atomic E-state index is 13.3. The molecule has 2 saturated carbocycles. The molecule has 0 bridgehead atoms. The first-order chi connectivity index (χ1) is 13.1. The second kappa shape index (κ2) is 8.76. The highest BCUT2D eigenvalue weighted by atomic mass is 19.1. The zero-order valence-electron chi connectivity index (χ0n) is 16.6. The molecule has 2 fully saturated rings. The molecule has 2 aliphatic rings. The van der Waals surface area contributed by atoms with Gasteiger partial charge in [-0.25, -0.2) is 4.39 Å². The summed E-state index contributed by atoms with van der Waals surface area (Å²) in [5, 5.41) is 0. The van der Waals surface area contributed by atoms with Crippen LogP contribution in [0.3, 0.4) is 0 Å². The van der Waals surface area contributed by atoms with Gasteiger partial charge in [0.15, 0.2) is 24.1 Å². The van der Waals surface area contributed by atoms with Crippen molar-refractivity contribution in [3.05, 3.63) is 23.8 Å². The first kappa shape index (κ1) is 20.4. The van der Waals surface area contributed by atoms with E-state index in [-0.39, 0.29) is 6.10 Å². The van der Waals surface area contributed by atoms with Crippen LogP contribution in [0.2, 0.25) is 0 Å². The standard InChI is InChI=1S/C21H31FO5/c1-23-18-9-8-16(14-19(18)27-17-6-4-5-7-17)20(26-15-22)10-12-21(24-2,25-3)13-11-20/h8-9,14,17H,4-7,10-13,15H2,1-3H3. The van der Waals surface area contributed by atoms with Crippen molar-refractivity contribution in [2.45, 2.75) is 68.9 Å². The van der Waals surface area contributed by atoms with E-state index in [1.54, 1.807) is 21.3 Å². The van der Waals surface area contributed by atoms with Crippen molar-refractivity contribution in [2.24, 2.45) is 0 Å². The van der Waals surface area contributed by atoms with E-state index in [1.807, 2.05) is 18.2 Å². The summed E-state index contributed by atoms with van der Waals surface area (Å²) in [6, 6.07) is 5.79. The smallest absolute Gasteiger partial charge is 0.189 e. The third kappa shape index (κ3) is 4.23.